The molecule has 0 saturated heterocycles. The quantitative estimate of drug-likeness (QED) is 0.777. The molecule has 1 amide bonds. The number of aliphatic hydroxyl groups is 1. The van der Waals surface area contributed by atoms with Gasteiger partial charge in [0, 0.05) is 7.05 Å². The summed E-state index contributed by atoms with van der Waals surface area (Å²) in [7, 11) is 5.90. The Morgan fingerprint density at radius 3 is 2.26 bits per heavy atom. The summed E-state index contributed by atoms with van der Waals surface area (Å²) >= 11 is 0. The van der Waals surface area contributed by atoms with Crippen LogP contribution in [0.2, 0.25) is 0 Å². The monoisotopic (exact) mass is 373 g/mol. The molecule has 0 fully saturated rings. The third-order valence-electron chi connectivity index (χ3n) is 4.43. The van der Waals surface area contributed by atoms with Gasteiger partial charge in [0.1, 0.15) is 0 Å². The highest BCUT2D eigenvalue weighted by molar-refractivity contribution is 6.14. The highest BCUT2D eigenvalue weighted by Crippen LogP contribution is 2.44. The van der Waals surface area contributed by atoms with Crippen LogP contribution in [-0.2, 0) is 4.79 Å². The molecular formula is C19H19NO7. The number of furan rings is 1. The fourth-order valence-corrected chi connectivity index (χ4v) is 3.14. The number of ether oxygens (including phenoxy) is 3. The average molecular weight is 373 g/mol. The molecule has 2 aromatic rings. The van der Waals surface area contributed by atoms with Crippen LogP contribution in [0.4, 0.5) is 0 Å². The number of carbonyl (C=O) groups excluding carboxylic acids is 2. The SMILES string of the molecule is COc1cc(C2C(C(=O)c3ccco3)=C(O)C(=O)N2C)cc(OC)c1OC. The molecule has 1 aliphatic heterocycles. The van der Waals surface area contributed by atoms with Gasteiger partial charge in [0.25, 0.3) is 5.91 Å². The second-order valence-electron chi connectivity index (χ2n) is 5.85. The van der Waals surface area contributed by atoms with E-state index in [0.29, 0.717) is 22.8 Å². The van der Waals surface area contributed by atoms with E-state index in [9.17, 15) is 14.7 Å². The van der Waals surface area contributed by atoms with E-state index in [1.807, 2.05) is 0 Å². The van der Waals surface area contributed by atoms with E-state index in [4.69, 9.17) is 18.6 Å². The molecule has 0 aliphatic carbocycles. The van der Waals surface area contributed by atoms with Crippen LogP contribution in [0.5, 0.6) is 17.2 Å². The van der Waals surface area contributed by atoms with E-state index in [1.54, 1.807) is 18.2 Å². The number of likely N-dealkylation sites (N-methyl/N-ethyl adjacent to an activating group) is 1. The van der Waals surface area contributed by atoms with Crippen molar-refractivity contribution < 1.29 is 33.3 Å². The van der Waals surface area contributed by atoms with Crippen LogP contribution in [-0.4, -0.2) is 50.1 Å². The molecule has 142 valence electrons. The molecule has 3 rings (SSSR count). The van der Waals surface area contributed by atoms with Crippen molar-refractivity contribution in [3.8, 4) is 17.2 Å². The molecule has 0 radical (unpaired) electrons. The van der Waals surface area contributed by atoms with E-state index >= 15 is 0 Å². The van der Waals surface area contributed by atoms with Crippen molar-refractivity contribution in [3.63, 3.8) is 0 Å². The van der Waals surface area contributed by atoms with Crippen molar-refractivity contribution in [2.75, 3.05) is 28.4 Å². The molecule has 27 heavy (non-hydrogen) atoms. The van der Waals surface area contributed by atoms with E-state index < -0.39 is 23.5 Å². The third-order valence-corrected chi connectivity index (χ3v) is 4.43. The standard InChI is InChI=1S/C19H19NO7/c1-20-15(10-8-12(24-2)18(26-4)13(9-10)25-3)14(17(22)19(20)23)16(21)11-6-5-7-27-11/h5-9,15,22H,1-4H3. The molecule has 8 heteroatoms. The summed E-state index contributed by atoms with van der Waals surface area (Å²) in [6, 6.07) is 5.44. The van der Waals surface area contributed by atoms with Crippen molar-refractivity contribution in [2.45, 2.75) is 6.04 Å². The number of carbonyl (C=O) groups is 2. The van der Waals surface area contributed by atoms with Crippen LogP contribution in [0.25, 0.3) is 0 Å². The lowest BCUT2D eigenvalue weighted by atomic mass is 9.94. The number of hydrogen-bond donors (Lipinski definition) is 1. The fourth-order valence-electron chi connectivity index (χ4n) is 3.14. The van der Waals surface area contributed by atoms with Crippen LogP contribution < -0.4 is 14.2 Å². The van der Waals surface area contributed by atoms with Crippen molar-refractivity contribution in [1.29, 1.82) is 0 Å². The molecule has 2 heterocycles. The molecule has 0 bridgehead atoms. The number of benzene rings is 1. The maximum Gasteiger partial charge on any atom is 0.289 e. The van der Waals surface area contributed by atoms with Gasteiger partial charge in [-0.2, -0.15) is 0 Å². The van der Waals surface area contributed by atoms with Crippen molar-refractivity contribution in [1.82, 2.24) is 4.90 Å². The summed E-state index contributed by atoms with van der Waals surface area (Å²) < 4.78 is 21.1. The molecule has 1 aromatic heterocycles. The lowest BCUT2D eigenvalue weighted by Gasteiger charge is -2.24. The second kappa shape index (κ2) is 7.06. The summed E-state index contributed by atoms with van der Waals surface area (Å²) in [5.74, 6) is -0.719. The predicted molar refractivity (Wildman–Crippen MR) is 94.3 cm³/mol. The Labute approximate surface area is 155 Å². The van der Waals surface area contributed by atoms with Gasteiger partial charge in [0.05, 0.1) is 39.2 Å². The Balaban J connectivity index is 2.16. The minimum atomic E-state index is -0.844. The average Bonchev–Trinajstić information content (AvgIpc) is 3.29. The lowest BCUT2D eigenvalue weighted by Crippen LogP contribution is -2.27. The normalized spacial score (nSPS) is 16.7. The number of ketones is 1. The van der Waals surface area contributed by atoms with Gasteiger partial charge in [-0.3, -0.25) is 9.59 Å². The topological polar surface area (TPSA) is 98.4 Å². The first kappa shape index (κ1) is 18.4. The number of nitrogens with zero attached hydrogens (tertiary/aromatic N) is 1. The number of rotatable bonds is 6. The Morgan fingerprint density at radius 1 is 1.15 bits per heavy atom. The number of hydrogen-bond acceptors (Lipinski definition) is 7. The van der Waals surface area contributed by atoms with E-state index in [2.05, 4.69) is 0 Å². The molecule has 1 aliphatic rings. The maximum absolute atomic E-state index is 12.8. The maximum atomic E-state index is 12.8. The summed E-state index contributed by atoms with van der Waals surface area (Å²) in [5.41, 5.74) is 0.436. The van der Waals surface area contributed by atoms with Gasteiger partial charge in [-0.15, -0.1) is 0 Å². The fraction of sp³-hybridized carbons (Fsp3) is 0.263. The van der Waals surface area contributed by atoms with Crippen LogP contribution in [0.3, 0.4) is 0 Å². The Morgan fingerprint density at radius 2 is 1.78 bits per heavy atom. The van der Waals surface area contributed by atoms with Gasteiger partial charge >= 0.3 is 0 Å². The zero-order valence-corrected chi connectivity index (χ0v) is 15.3. The Bertz CT molecular complexity index is 889. The molecule has 8 nitrogen and oxygen atoms in total. The molecule has 1 aromatic carbocycles. The van der Waals surface area contributed by atoms with Gasteiger partial charge in [-0.1, -0.05) is 0 Å². The van der Waals surface area contributed by atoms with Crippen molar-refractivity contribution >= 4 is 11.7 Å². The first-order valence-corrected chi connectivity index (χ1v) is 8.03. The number of methoxy groups -OCH3 is 3. The minimum Gasteiger partial charge on any atom is -0.503 e. The summed E-state index contributed by atoms with van der Waals surface area (Å²) in [6.07, 6.45) is 1.35. The first-order chi connectivity index (χ1) is 12.9. The first-order valence-electron chi connectivity index (χ1n) is 8.03. The molecule has 0 saturated carbocycles. The largest absolute Gasteiger partial charge is 0.503 e. The summed E-state index contributed by atoms with van der Waals surface area (Å²) in [5, 5.41) is 10.3. The van der Waals surface area contributed by atoms with Crippen LogP contribution in [0.1, 0.15) is 22.2 Å². The zero-order valence-electron chi connectivity index (χ0n) is 15.3. The van der Waals surface area contributed by atoms with Gasteiger partial charge in [0.2, 0.25) is 11.5 Å². The van der Waals surface area contributed by atoms with Gasteiger partial charge in [-0.25, -0.2) is 0 Å². The smallest absolute Gasteiger partial charge is 0.289 e. The Hall–Kier alpha value is -3.42. The summed E-state index contributed by atoms with van der Waals surface area (Å²) in [4.78, 5) is 26.5. The van der Waals surface area contributed by atoms with E-state index in [-0.39, 0.29) is 11.3 Å². The van der Waals surface area contributed by atoms with Crippen molar-refractivity contribution in [3.05, 3.63) is 53.2 Å². The van der Waals surface area contributed by atoms with Crippen molar-refractivity contribution in [2.24, 2.45) is 0 Å². The zero-order chi connectivity index (χ0) is 19.7. The molecular weight excluding hydrogens is 354 g/mol. The number of Topliss-reactive ketones (excluding diaryl/α,β-unsaturated/α-hetero) is 1. The molecule has 0 spiro atoms. The molecule has 1 N–H and O–H groups in total. The molecule has 1 unspecified atom stereocenters. The van der Waals surface area contributed by atoms with Crippen LogP contribution in [0, 0.1) is 0 Å². The van der Waals surface area contributed by atoms with Gasteiger partial charge in [0.15, 0.2) is 23.0 Å². The predicted octanol–water partition coefficient (Wildman–Crippen LogP) is 2.51. The molecule has 1 atom stereocenters. The van der Waals surface area contributed by atoms with Crippen LogP contribution >= 0.6 is 0 Å². The van der Waals surface area contributed by atoms with Crippen LogP contribution in [0.15, 0.2) is 46.3 Å². The highest BCUT2D eigenvalue weighted by Gasteiger charge is 2.43. The van der Waals surface area contributed by atoms with Gasteiger partial charge in [-0.05, 0) is 29.8 Å². The third kappa shape index (κ3) is 2.88. The number of amides is 1. The number of aliphatic hydroxyl groups excluding tert-OH is 1. The van der Waals surface area contributed by atoms with E-state index in [0.717, 1.165) is 0 Å². The lowest BCUT2D eigenvalue weighted by molar-refractivity contribution is -0.128. The Kier molecular flexibility index (Phi) is 4.81. The minimum absolute atomic E-state index is 0.0251. The summed E-state index contributed by atoms with van der Waals surface area (Å²) in [6.45, 7) is 0. The van der Waals surface area contributed by atoms with E-state index in [1.165, 1.54) is 45.6 Å². The van der Waals surface area contributed by atoms with Gasteiger partial charge < -0.3 is 28.6 Å². The highest BCUT2D eigenvalue weighted by atomic mass is 16.5. The second-order valence-corrected chi connectivity index (χ2v) is 5.85.